The van der Waals surface area contributed by atoms with Crippen LogP contribution < -0.4 is 24.4 Å². The summed E-state index contributed by atoms with van der Waals surface area (Å²) in [5, 5.41) is 0. The molecule has 1 aliphatic rings. The van der Waals surface area contributed by atoms with Crippen LogP contribution in [0.2, 0.25) is 0 Å². The smallest absolute Gasteiger partial charge is 0.338 e. The van der Waals surface area contributed by atoms with Crippen molar-refractivity contribution in [2.24, 2.45) is 4.99 Å². The van der Waals surface area contributed by atoms with Crippen LogP contribution in [0.1, 0.15) is 36.6 Å². The monoisotopic (exact) mass is 566 g/mol. The van der Waals surface area contributed by atoms with E-state index in [2.05, 4.69) is 11.6 Å². The van der Waals surface area contributed by atoms with Gasteiger partial charge in [-0.1, -0.05) is 78.6 Å². The molecule has 2 heterocycles. The molecule has 8 heteroatoms. The zero-order valence-electron chi connectivity index (χ0n) is 22.9. The number of benzene rings is 3. The first-order chi connectivity index (χ1) is 20.0. The van der Waals surface area contributed by atoms with Crippen LogP contribution in [0.25, 0.3) is 6.08 Å². The molecule has 0 saturated carbocycles. The number of carbonyl (C=O) groups is 1. The van der Waals surface area contributed by atoms with Gasteiger partial charge in [0.15, 0.2) is 4.80 Å². The highest BCUT2D eigenvalue weighted by atomic mass is 32.1. The summed E-state index contributed by atoms with van der Waals surface area (Å²) < 4.78 is 19.0. The van der Waals surface area contributed by atoms with E-state index < -0.39 is 12.0 Å². The molecule has 208 valence electrons. The molecular weight excluding hydrogens is 536 g/mol. The molecule has 0 radical (unpaired) electrons. The summed E-state index contributed by atoms with van der Waals surface area (Å²) in [5.41, 5.74) is 3.32. The molecular formula is C33H30N2O5S. The molecule has 0 spiro atoms. The number of esters is 1. The van der Waals surface area contributed by atoms with Crippen molar-refractivity contribution in [3.05, 3.63) is 139 Å². The van der Waals surface area contributed by atoms with Gasteiger partial charge >= 0.3 is 5.97 Å². The second kappa shape index (κ2) is 12.7. The molecule has 7 nitrogen and oxygen atoms in total. The Balaban J connectivity index is 1.49. The van der Waals surface area contributed by atoms with Crippen LogP contribution >= 0.6 is 11.3 Å². The Kier molecular flexibility index (Phi) is 8.60. The van der Waals surface area contributed by atoms with Crippen molar-refractivity contribution in [1.29, 1.82) is 0 Å². The van der Waals surface area contributed by atoms with Gasteiger partial charge in [0.25, 0.3) is 5.56 Å². The normalized spacial score (nSPS) is 14.7. The van der Waals surface area contributed by atoms with Gasteiger partial charge in [0, 0.05) is 0 Å². The molecule has 0 N–H and O–H groups in total. The largest absolute Gasteiger partial charge is 0.490 e. The minimum absolute atomic E-state index is 0.214. The fraction of sp³-hybridized carbons (Fsp3) is 0.182. The molecule has 1 aliphatic heterocycles. The van der Waals surface area contributed by atoms with Crippen molar-refractivity contribution < 1.29 is 19.0 Å². The number of allylic oxidation sites excluding steroid dienone is 1. The zero-order valence-corrected chi connectivity index (χ0v) is 23.7. The van der Waals surface area contributed by atoms with Gasteiger partial charge in [-0.25, -0.2) is 9.79 Å². The average Bonchev–Trinajstić information content (AvgIpc) is 3.29. The van der Waals surface area contributed by atoms with E-state index >= 15 is 0 Å². The van der Waals surface area contributed by atoms with Crippen LogP contribution in [0.5, 0.6) is 11.5 Å². The van der Waals surface area contributed by atoms with Gasteiger partial charge in [-0.15, -0.1) is 0 Å². The van der Waals surface area contributed by atoms with Crippen molar-refractivity contribution in [2.75, 3.05) is 13.2 Å². The Hall–Kier alpha value is -4.69. The van der Waals surface area contributed by atoms with E-state index in [-0.39, 0.29) is 12.2 Å². The Bertz CT molecular complexity index is 1750. The van der Waals surface area contributed by atoms with E-state index in [1.54, 1.807) is 24.5 Å². The van der Waals surface area contributed by atoms with Crippen LogP contribution in [-0.4, -0.2) is 23.8 Å². The molecule has 0 aliphatic carbocycles. The van der Waals surface area contributed by atoms with Crippen LogP contribution in [0.3, 0.4) is 0 Å². The Morgan fingerprint density at radius 2 is 1.68 bits per heavy atom. The zero-order chi connectivity index (χ0) is 28.8. The molecule has 0 bridgehead atoms. The van der Waals surface area contributed by atoms with Gasteiger partial charge < -0.3 is 14.2 Å². The quantitative estimate of drug-likeness (QED) is 0.201. The first kappa shape index (κ1) is 27.9. The Morgan fingerprint density at radius 1 is 1.00 bits per heavy atom. The fourth-order valence-corrected chi connectivity index (χ4v) is 5.61. The van der Waals surface area contributed by atoms with E-state index in [1.807, 2.05) is 84.9 Å². The van der Waals surface area contributed by atoms with Crippen LogP contribution in [0, 0.1) is 0 Å². The van der Waals surface area contributed by atoms with E-state index in [1.165, 1.54) is 11.3 Å². The highest BCUT2D eigenvalue weighted by molar-refractivity contribution is 7.07. The molecule has 41 heavy (non-hydrogen) atoms. The SMILES string of the molecule is C=CCOc1ccc(C2C(C(=O)OCC)=C(C)N=c3sc(=Cc4ccc(OCc5ccccc5)cc4)c(=O)n32)cc1. The number of rotatable bonds is 10. The summed E-state index contributed by atoms with van der Waals surface area (Å²) in [6.45, 7) is 8.26. The number of carbonyl (C=O) groups excluding carboxylic acids is 1. The molecule has 1 atom stereocenters. The number of nitrogens with zero attached hydrogens (tertiary/aromatic N) is 2. The second-order valence-electron chi connectivity index (χ2n) is 9.31. The molecule has 1 aromatic heterocycles. The first-order valence-electron chi connectivity index (χ1n) is 13.3. The van der Waals surface area contributed by atoms with Crippen LogP contribution in [0.4, 0.5) is 0 Å². The summed E-state index contributed by atoms with van der Waals surface area (Å²) in [4.78, 5) is 32.1. The number of ether oxygens (including phenoxy) is 3. The van der Waals surface area contributed by atoms with Gasteiger partial charge in [-0.2, -0.15) is 0 Å². The molecule has 3 aromatic carbocycles. The Labute approximate surface area is 242 Å². The molecule has 4 aromatic rings. The average molecular weight is 567 g/mol. The number of fused-ring (bicyclic) bond motifs is 1. The van der Waals surface area contributed by atoms with Gasteiger partial charge in [0.2, 0.25) is 0 Å². The minimum Gasteiger partial charge on any atom is -0.490 e. The topological polar surface area (TPSA) is 79.1 Å². The highest BCUT2D eigenvalue weighted by Crippen LogP contribution is 2.31. The van der Waals surface area contributed by atoms with E-state index in [9.17, 15) is 9.59 Å². The number of hydrogen-bond donors (Lipinski definition) is 0. The van der Waals surface area contributed by atoms with Crippen molar-refractivity contribution in [2.45, 2.75) is 26.5 Å². The van der Waals surface area contributed by atoms with Gasteiger partial charge in [-0.05, 0) is 60.9 Å². The number of hydrogen-bond acceptors (Lipinski definition) is 7. The number of aromatic nitrogens is 1. The predicted octanol–water partition coefficient (Wildman–Crippen LogP) is 4.94. The van der Waals surface area contributed by atoms with Crippen LogP contribution in [-0.2, 0) is 16.1 Å². The summed E-state index contributed by atoms with van der Waals surface area (Å²) in [6.07, 6.45) is 3.50. The lowest BCUT2D eigenvalue weighted by atomic mass is 9.96. The lowest BCUT2D eigenvalue weighted by Gasteiger charge is -2.24. The standard InChI is InChI=1S/C33H30N2O5S/c1-4-19-39-26-17-13-25(14-18-26)30-29(32(37)38-5-2)22(3)34-33-35(30)31(36)28(41-33)20-23-11-15-27(16-12-23)40-21-24-9-7-6-8-10-24/h4,6-18,20,30H,1,5,19,21H2,2-3H3. The molecule has 0 saturated heterocycles. The molecule has 5 rings (SSSR count). The fourth-order valence-electron chi connectivity index (χ4n) is 4.56. The number of thiazole rings is 1. The van der Waals surface area contributed by atoms with Gasteiger partial charge in [0.1, 0.15) is 24.7 Å². The van der Waals surface area contributed by atoms with Crippen molar-refractivity contribution in [3.63, 3.8) is 0 Å². The third-order valence-electron chi connectivity index (χ3n) is 6.51. The first-order valence-corrected chi connectivity index (χ1v) is 14.1. The van der Waals surface area contributed by atoms with E-state index in [4.69, 9.17) is 14.2 Å². The summed E-state index contributed by atoms with van der Waals surface area (Å²) >= 11 is 1.29. The maximum Gasteiger partial charge on any atom is 0.338 e. The molecule has 1 unspecified atom stereocenters. The van der Waals surface area contributed by atoms with Crippen molar-refractivity contribution in [3.8, 4) is 11.5 Å². The second-order valence-corrected chi connectivity index (χ2v) is 10.3. The molecule has 0 fully saturated rings. The predicted molar refractivity (Wildman–Crippen MR) is 160 cm³/mol. The summed E-state index contributed by atoms with van der Waals surface area (Å²) in [6, 6.07) is 24.2. The minimum atomic E-state index is -0.685. The van der Waals surface area contributed by atoms with Gasteiger partial charge in [0.05, 0.1) is 28.5 Å². The summed E-state index contributed by atoms with van der Waals surface area (Å²) in [7, 11) is 0. The maximum absolute atomic E-state index is 13.8. The van der Waals surface area contributed by atoms with E-state index in [0.29, 0.717) is 39.6 Å². The summed E-state index contributed by atoms with van der Waals surface area (Å²) in [5.74, 6) is 0.907. The third-order valence-corrected chi connectivity index (χ3v) is 7.49. The highest BCUT2D eigenvalue weighted by Gasteiger charge is 2.33. The Morgan fingerprint density at radius 3 is 2.37 bits per heavy atom. The lowest BCUT2D eigenvalue weighted by molar-refractivity contribution is -0.139. The maximum atomic E-state index is 13.8. The van der Waals surface area contributed by atoms with E-state index in [0.717, 1.165) is 22.4 Å². The lowest BCUT2D eigenvalue weighted by Crippen LogP contribution is -2.39. The third kappa shape index (κ3) is 6.23. The van der Waals surface area contributed by atoms with Crippen molar-refractivity contribution in [1.82, 2.24) is 4.57 Å². The van der Waals surface area contributed by atoms with Crippen molar-refractivity contribution >= 4 is 23.4 Å². The van der Waals surface area contributed by atoms with Gasteiger partial charge in [-0.3, -0.25) is 9.36 Å². The molecule has 0 amide bonds. The van der Waals surface area contributed by atoms with Crippen LogP contribution in [0.15, 0.2) is 113 Å².